The van der Waals surface area contributed by atoms with E-state index < -0.39 is 6.36 Å². The number of carbonyl (C=O) groups excluding carboxylic acids is 1. The number of amides is 1. The van der Waals surface area contributed by atoms with Crippen molar-refractivity contribution in [1.82, 2.24) is 20.4 Å². The van der Waals surface area contributed by atoms with Gasteiger partial charge in [0.05, 0.1) is 6.04 Å². The summed E-state index contributed by atoms with van der Waals surface area (Å²) >= 11 is 0. The second-order valence-corrected chi connectivity index (χ2v) is 10.9. The molecule has 1 aromatic heterocycles. The quantitative estimate of drug-likeness (QED) is 0.304. The molecule has 3 aromatic rings. The van der Waals surface area contributed by atoms with Crippen LogP contribution in [0.15, 0.2) is 59.1 Å². The number of aromatic nitrogens is 2. The monoisotopic (exact) mass is 556 g/mol. The highest BCUT2D eigenvalue weighted by atomic mass is 19.4. The number of benzene rings is 2. The predicted molar refractivity (Wildman–Crippen MR) is 143 cm³/mol. The minimum atomic E-state index is -4.71. The molecule has 0 bridgehead atoms. The van der Waals surface area contributed by atoms with Gasteiger partial charge in [-0.05, 0) is 74.4 Å². The van der Waals surface area contributed by atoms with Crippen molar-refractivity contribution < 1.29 is 27.2 Å². The first-order valence-corrected chi connectivity index (χ1v) is 14.0. The van der Waals surface area contributed by atoms with Gasteiger partial charge in [-0.2, -0.15) is 4.98 Å². The molecule has 1 saturated heterocycles. The van der Waals surface area contributed by atoms with Crippen LogP contribution in [0.4, 0.5) is 13.2 Å². The third-order valence-corrected chi connectivity index (χ3v) is 7.91. The summed E-state index contributed by atoms with van der Waals surface area (Å²) in [6, 6.07) is 15.9. The van der Waals surface area contributed by atoms with Gasteiger partial charge in [-0.3, -0.25) is 4.79 Å². The molecule has 1 amide bonds. The number of piperidine rings is 1. The molecule has 0 spiro atoms. The minimum Gasteiger partial charge on any atom is -0.406 e. The van der Waals surface area contributed by atoms with Gasteiger partial charge in [0.25, 0.3) is 0 Å². The Morgan fingerprint density at radius 1 is 1.05 bits per heavy atom. The van der Waals surface area contributed by atoms with Crippen LogP contribution in [-0.2, 0) is 11.2 Å². The Balaban J connectivity index is 1.09. The maximum absolute atomic E-state index is 12.7. The standard InChI is InChI=1S/C30H35F3N4O3/c31-30(32,33)39-25-11-9-22(10-12-25)19-27-35-29(40-36-27)24-13-16-37(17-14-24)18-15-26(23-7-2-1-3-8-23)34-28(38)20-21-5-4-6-21/h1-3,7-12,21,24,26H,4-6,13-20H2,(H,34,38)/t26-/m0/s1. The van der Waals surface area contributed by atoms with Crippen molar-refractivity contribution in [3.8, 4) is 5.75 Å². The first kappa shape index (κ1) is 28.1. The van der Waals surface area contributed by atoms with Crippen molar-refractivity contribution in [1.29, 1.82) is 0 Å². The summed E-state index contributed by atoms with van der Waals surface area (Å²) in [4.78, 5) is 19.7. The summed E-state index contributed by atoms with van der Waals surface area (Å²) in [5, 5.41) is 7.37. The number of nitrogens with zero attached hydrogens (tertiary/aromatic N) is 3. The molecule has 2 heterocycles. The van der Waals surface area contributed by atoms with E-state index in [1.165, 1.54) is 18.6 Å². The molecule has 1 N–H and O–H groups in total. The van der Waals surface area contributed by atoms with Crippen LogP contribution >= 0.6 is 0 Å². The van der Waals surface area contributed by atoms with E-state index in [1.807, 2.05) is 18.2 Å². The van der Waals surface area contributed by atoms with Crippen LogP contribution in [0, 0.1) is 5.92 Å². The summed E-state index contributed by atoms with van der Waals surface area (Å²) in [5.41, 5.74) is 1.91. The number of likely N-dealkylation sites (tertiary alicyclic amines) is 1. The number of nitrogens with one attached hydrogen (secondary N) is 1. The molecule has 0 radical (unpaired) electrons. The van der Waals surface area contributed by atoms with Crippen LogP contribution < -0.4 is 10.1 Å². The predicted octanol–water partition coefficient (Wildman–Crippen LogP) is 6.18. The SMILES string of the molecule is O=C(CC1CCC1)N[C@@H](CCN1CCC(c2nc(Cc3ccc(OC(F)(F)F)cc3)no2)CC1)c1ccccc1. The molecule has 40 heavy (non-hydrogen) atoms. The molecule has 1 aliphatic heterocycles. The highest BCUT2D eigenvalue weighted by Gasteiger charge is 2.31. The molecule has 2 aliphatic rings. The molecule has 0 unspecified atom stereocenters. The lowest BCUT2D eigenvalue weighted by Gasteiger charge is -2.32. The minimum absolute atomic E-state index is 0.000843. The van der Waals surface area contributed by atoms with Gasteiger partial charge in [0, 0.05) is 25.3 Å². The van der Waals surface area contributed by atoms with Crippen molar-refractivity contribution >= 4 is 5.91 Å². The largest absolute Gasteiger partial charge is 0.573 e. The number of rotatable bonds is 11. The third kappa shape index (κ3) is 8.06. The highest BCUT2D eigenvalue weighted by Crippen LogP contribution is 2.31. The van der Waals surface area contributed by atoms with Crippen molar-refractivity contribution in [2.45, 2.75) is 69.7 Å². The molecule has 5 rings (SSSR count). The number of halogens is 3. The maximum atomic E-state index is 12.7. The van der Waals surface area contributed by atoms with Gasteiger partial charge < -0.3 is 19.5 Å². The molecule has 1 saturated carbocycles. The van der Waals surface area contributed by atoms with Gasteiger partial charge in [0.1, 0.15) is 5.75 Å². The van der Waals surface area contributed by atoms with Gasteiger partial charge in [-0.25, -0.2) is 0 Å². The van der Waals surface area contributed by atoms with Crippen molar-refractivity contribution in [3.05, 3.63) is 77.4 Å². The Morgan fingerprint density at radius 3 is 2.42 bits per heavy atom. The van der Waals surface area contributed by atoms with Crippen LogP contribution in [0.5, 0.6) is 5.75 Å². The Labute approximate surface area is 232 Å². The maximum Gasteiger partial charge on any atom is 0.573 e. The molecule has 2 fully saturated rings. The van der Waals surface area contributed by atoms with E-state index >= 15 is 0 Å². The van der Waals surface area contributed by atoms with Crippen molar-refractivity contribution in [3.63, 3.8) is 0 Å². The molecule has 1 aliphatic carbocycles. The summed E-state index contributed by atoms with van der Waals surface area (Å²) in [7, 11) is 0. The average molecular weight is 557 g/mol. The lowest BCUT2D eigenvalue weighted by molar-refractivity contribution is -0.274. The van der Waals surface area contributed by atoms with E-state index in [0.29, 0.717) is 30.5 Å². The van der Waals surface area contributed by atoms with Crippen LogP contribution in [0.2, 0.25) is 0 Å². The van der Waals surface area contributed by atoms with Crippen molar-refractivity contribution in [2.24, 2.45) is 5.92 Å². The molecule has 2 aromatic carbocycles. The smallest absolute Gasteiger partial charge is 0.406 e. The topological polar surface area (TPSA) is 80.5 Å². The molecular weight excluding hydrogens is 521 g/mol. The fourth-order valence-corrected chi connectivity index (χ4v) is 5.43. The van der Waals surface area contributed by atoms with Crippen LogP contribution in [0.3, 0.4) is 0 Å². The molecular formula is C30H35F3N4O3. The van der Waals surface area contributed by atoms with E-state index in [2.05, 4.69) is 37.2 Å². The van der Waals surface area contributed by atoms with Gasteiger partial charge >= 0.3 is 6.36 Å². The van der Waals surface area contributed by atoms with Crippen LogP contribution in [-0.4, -0.2) is 46.9 Å². The fraction of sp³-hybridized carbons (Fsp3) is 0.500. The number of hydrogen-bond donors (Lipinski definition) is 1. The Morgan fingerprint density at radius 2 is 1.77 bits per heavy atom. The van der Waals surface area contributed by atoms with Gasteiger partial charge in [-0.1, -0.05) is 54.0 Å². The van der Waals surface area contributed by atoms with E-state index in [1.54, 1.807) is 12.1 Å². The molecule has 1 atom stereocenters. The number of hydrogen-bond acceptors (Lipinski definition) is 6. The molecule has 10 heteroatoms. The highest BCUT2D eigenvalue weighted by molar-refractivity contribution is 5.76. The number of carbonyl (C=O) groups is 1. The van der Waals surface area contributed by atoms with Gasteiger partial charge in [0.15, 0.2) is 5.82 Å². The van der Waals surface area contributed by atoms with Crippen LogP contribution in [0.1, 0.15) is 79.7 Å². The summed E-state index contributed by atoms with van der Waals surface area (Å²) in [6.45, 7) is 2.69. The van der Waals surface area contributed by atoms with Crippen molar-refractivity contribution in [2.75, 3.05) is 19.6 Å². The van der Waals surface area contributed by atoms with Gasteiger partial charge in [-0.15, -0.1) is 13.2 Å². The van der Waals surface area contributed by atoms with E-state index in [9.17, 15) is 18.0 Å². The number of ether oxygens (including phenoxy) is 1. The van der Waals surface area contributed by atoms with E-state index in [0.717, 1.165) is 62.9 Å². The Hall–Kier alpha value is -3.40. The number of alkyl halides is 3. The first-order chi connectivity index (χ1) is 19.3. The first-order valence-electron chi connectivity index (χ1n) is 14.0. The average Bonchev–Trinajstić information content (AvgIpc) is 3.38. The second kappa shape index (κ2) is 12.8. The lowest BCUT2D eigenvalue weighted by atomic mass is 9.83. The summed E-state index contributed by atoms with van der Waals surface area (Å²) < 4.78 is 46.6. The molecule has 7 nitrogen and oxygen atoms in total. The Bertz CT molecular complexity index is 1220. The fourth-order valence-electron chi connectivity index (χ4n) is 5.43. The zero-order valence-electron chi connectivity index (χ0n) is 22.4. The van der Waals surface area contributed by atoms with E-state index in [4.69, 9.17) is 4.52 Å². The normalized spacial score (nSPS) is 17.8. The second-order valence-electron chi connectivity index (χ2n) is 10.9. The summed E-state index contributed by atoms with van der Waals surface area (Å²) in [5.74, 6) is 1.71. The zero-order valence-corrected chi connectivity index (χ0v) is 22.4. The summed E-state index contributed by atoms with van der Waals surface area (Å²) in [6.07, 6.45) is 2.47. The lowest BCUT2D eigenvalue weighted by Crippen LogP contribution is -2.37. The zero-order chi connectivity index (χ0) is 28.0. The third-order valence-electron chi connectivity index (χ3n) is 7.91. The van der Waals surface area contributed by atoms with Gasteiger partial charge in [0.2, 0.25) is 11.8 Å². The Kier molecular flexibility index (Phi) is 9.04. The molecule has 214 valence electrons. The van der Waals surface area contributed by atoms with E-state index in [-0.39, 0.29) is 23.6 Å². The van der Waals surface area contributed by atoms with Crippen LogP contribution in [0.25, 0.3) is 0 Å².